The molecule has 0 spiro atoms. The van der Waals surface area contributed by atoms with Crippen molar-refractivity contribution in [2.75, 3.05) is 5.32 Å². The maximum atomic E-state index is 12.5. The second-order valence-electron chi connectivity index (χ2n) is 6.98. The number of nitrogens with one attached hydrogen (secondary N) is 1. The van der Waals surface area contributed by atoms with Crippen LogP contribution in [0.1, 0.15) is 36.5 Å². The zero-order chi connectivity index (χ0) is 20.8. The van der Waals surface area contributed by atoms with E-state index in [1.807, 2.05) is 18.2 Å². The molecule has 1 N–H and O–H groups in total. The molecular formula is C22H23F2NO4. The molecule has 1 aliphatic rings. The molecule has 0 aromatic heterocycles. The van der Waals surface area contributed by atoms with Gasteiger partial charge in [0.15, 0.2) is 6.10 Å². The Morgan fingerprint density at radius 3 is 2.55 bits per heavy atom. The molecule has 1 amide bonds. The number of ether oxygens (including phenoxy) is 2. The Labute approximate surface area is 168 Å². The van der Waals surface area contributed by atoms with Gasteiger partial charge in [0.2, 0.25) is 0 Å². The van der Waals surface area contributed by atoms with Crippen LogP contribution < -0.4 is 10.1 Å². The number of carbonyl (C=O) groups is 2. The summed E-state index contributed by atoms with van der Waals surface area (Å²) in [7, 11) is 0. The van der Waals surface area contributed by atoms with E-state index in [0.29, 0.717) is 0 Å². The van der Waals surface area contributed by atoms with Crippen LogP contribution in [0.2, 0.25) is 0 Å². The number of aryl methyl sites for hydroxylation is 2. The zero-order valence-corrected chi connectivity index (χ0v) is 16.1. The van der Waals surface area contributed by atoms with E-state index < -0.39 is 24.6 Å². The minimum Gasteiger partial charge on any atom is -0.452 e. The summed E-state index contributed by atoms with van der Waals surface area (Å²) in [6.07, 6.45) is 3.39. The van der Waals surface area contributed by atoms with Crippen molar-refractivity contribution < 1.29 is 27.8 Å². The van der Waals surface area contributed by atoms with Gasteiger partial charge < -0.3 is 14.8 Å². The van der Waals surface area contributed by atoms with Crippen LogP contribution in [-0.4, -0.2) is 24.6 Å². The van der Waals surface area contributed by atoms with Crippen LogP contribution in [0.25, 0.3) is 0 Å². The lowest BCUT2D eigenvalue weighted by atomic mass is 9.90. The van der Waals surface area contributed by atoms with E-state index in [-0.39, 0.29) is 17.9 Å². The van der Waals surface area contributed by atoms with Crippen molar-refractivity contribution in [3.05, 3.63) is 59.2 Å². The highest BCUT2D eigenvalue weighted by Gasteiger charge is 2.20. The summed E-state index contributed by atoms with van der Waals surface area (Å²) >= 11 is 0. The van der Waals surface area contributed by atoms with E-state index in [2.05, 4.69) is 10.1 Å². The molecule has 29 heavy (non-hydrogen) atoms. The first-order valence-corrected chi connectivity index (χ1v) is 9.57. The van der Waals surface area contributed by atoms with E-state index in [1.54, 1.807) is 6.07 Å². The molecule has 1 aliphatic carbocycles. The van der Waals surface area contributed by atoms with Crippen molar-refractivity contribution >= 4 is 17.6 Å². The third-order valence-corrected chi connectivity index (χ3v) is 4.80. The highest BCUT2D eigenvalue weighted by molar-refractivity contribution is 5.96. The van der Waals surface area contributed by atoms with E-state index in [9.17, 15) is 18.4 Å². The summed E-state index contributed by atoms with van der Waals surface area (Å²) in [4.78, 5) is 24.5. The predicted molar refractivity (Wildman–Crippen MR) is 104 cm³/mol. The van der Waals surface area contributed by atoms with Gasteiger partial charge in [-0.2, -0.15) is 8.78 Å². The molecule has 0 radical (unpaired) electrons. The molecule has 0 saturated heterocycles. The Morgan fingerprint density at radius 1 is 1.07 bits per heavy atom. The van der Waals surface area contributed by atoms with Gasteiger partial charge in [-0.1, -0.05) is 30.3 Å². The molecule has 0 saturated carbocycles. The van der Waals surface area contributed by atoms with Gasteiger partial charge in [0.05, 0.1) is 12.1 Å². The topological polar surface area (TPSA) is 64.6 Å². The Morgan fingerprint density at radius 2 is 1.79 bits per heavy atom. The minimum absolute atomic E-state index is 0.0655. The summed E-state index contributed by atoms with van der Waals surface area (Å²) < 4.78 is 34.5. The summed E-state index contributed by atoms with van der Waals surface area (Å²) in [5.74, 6) is -1.32. The number of alkyl halides is 2. The van der Waals surface area contributed by atoms with Gasteiger partial charge >= 0.3 is 12.6 Å². The van der Waals surface area contributed by atoms with Crippen molar-refractivity contribution in [1.29, 1.82) is 0 Å². The van der Waals surface area contributed by atoms with E-state index in [4.69, 9.17) is 4.74 Å². The van der Waals surface area contributed by atoms with Crippen molar-refractivity contribution in [2.24, 2.45) is 0 Å². The normalized spacial score (nSPS) is 14.1. The number of carbonyl (C=O) groups excluding carboxylic acids is 2. The van der Waals surface area contributed by atoms with Crippen molar-refractivity contribution in [3.63, 3.8) is 0 Å². The quantitative estimate of drug-likeness (QED) is 0.701. The molecule has 0 aliphatic heterocycles. The van der Waals surface area contributed by atoms with Gasteiger partial charge in [-0.15, -0.1) is 0 Å². The Kier molecular flexibility index (Phi) is 6.80. The monoisotopic (exact) mass is 403 g/mol. The fraction of sp³-hybridized carbons (Fsp3) is 0.364. The predicted octanol–water partition coefficient (Wildman–Crippen LogP) is 4.28. The van der Waals surface area contributed by atoms with Crippen LogP contribution in [-0.2, 0) is 33.6 Å². The van der Waals surface area contributed by atoms with Crippen molar-refractivity contribution in [2.45, 2.75) is 51.7 Å². The number of rotatable bonds is 7. The third kappa shape index (κ3) is 5.76. The Hall–Kier alpha value is -2.96. The maximum Gasteiger partial charge on any atom is 0.387 e. The molecule has 0 unspecified atom stereocenters. The summed E-state index contributed by atoms with van der Waals surface area (Å²) in [5, 5.41) is 2.45. The molecule has 2 aromatic rings. The van der Waals surface area contributed by atoms with Gasteiger partial charge in [0.1, 0.15) is 5.75 Å². The minimum atomic E-state index is -3.01. The molecule has 7 heteroatoms. The standard InChI is InChI=1S/C22H23F2NO4/c1-14(21(27)25-18-8-4-5-9-19(18)29-22(23)24)28-20(26)13-15-10-11-16-6-2-3-7-17(16)12-15/h4-5,8-12,14,22H,2-3,6-7,13H2,1H3,(H,25,27)/t14-/m0/s1. The Bertz CT molecular complexity index is 885. The van der Waals surface area contributed by atoms with E-state index in [1.165, 1.54) is 42.7 Å². The second kappa shape index (κ2) is 9.49. The fourth-order valence-corrected chi connectivity index (χ4v) is 3.36. The molecule has 5 nitrogen and oxygen atoms in total. The van der Waals surface area contributed by atoms with Gasteiger partial charge in [-0.05, 0) is 61.4 Å². The number of halogens is 2. The maximum absolute atomic E-state index is 12.5. The number of benzene rings is 2. The van der Waals surface area contributed by atoms with Gasteiger partial charge in [0, 0.05) is 0 Å². The average Bonchev–Trinajstić information content (AvgIpc) is 2.68. The summed E-state index contributed by atoms with van der Waals surface area (Å²) in [5.41, 5.74) is 3.52. The summed E-state index contributed by atoms with van der Waals surface area (Å²) in [6.45, 7) is -1.59. The van der Waals surface area contributed by atoms with Crippen LogP contribution >= 0.6 is 0 Å². The number of hydrogen-bond acceptors (Lipinski definition) is 4. The fourth-order valence-electron chi connectivity index (χ4n) is 3.36. The van der Waals surface area contributed by atoms with Gasteiger partial charge in [-0.3, -0.25) is 9.59 Å². The highest BCUT2D eigenvalue weighted by Crippen LogP contribution is 2.26. The molecule has 1 atom stereocenters. The van der Waals surface area contributed by atoms with Gasteiger partial charge in [0.25, 0.3) is 5.91 Å². The lowest BCUT2D eigenvalue weighted by Crippen LogP contribution is -2.30. The molecule has 0 bridgehead atoms. The summed E-state index contributed by atoms with van der Waals surface area (Å²) in [6, 6.07) is 11.8. The van der Waals surface area contributed by atoms with Crippen LogP contribution in [0.15, 0.2) is 42.5 Å². The highest BCUT2D eigenvalue weighted by atomic mass is 19.3. The van der Waals surface area contributed by atoms with Gasteiger partial charge in [-0.25, -0.2) is 0 Å². The van der Waals surface area contributed by atoms with Crippen LogP contribution in [0, 0.1) is 0 Å². The molecule has 2 aromatic carbocycles. The number of amides is 1. The molecular weight excluding hydrogens is 380 g/mol. The lowest BCUT2D eigenvalue weighted by Gasteiger charge is -2.17. The van der Waals surface area contributed by atoms with Crippen LogP contribution in [0.3, 0.4) is 0 Å². The smallest absolute Gasteiger partial charge is 0.387 e. The number of fused-ring (bicyclic) bond motifs is 1. The number of para-hydroxylation sites is 2. The van der Waals surface area contributed by atoms with Crippen LogP contribution in [0.4, 0.5) is 14.5 Å². The largest absolute Gasteiger partial charge is 0.452 e. The Balaban J connectivity index is 1.56. The first-order chi connectivity index (χ1) is 13.9. The lowest BCUT2D eigenvalue weighted by molar-refractivity contribution is -0.152. The van der Waals surface area contributed by atoms with E-state index >= 15 is 0 Å². The molecule has 0 heterocycles. The zero-order valence-electron chi connectivity index (χ0n) is 16.1. The first-order valence-electron chi connectivity index (χ1n) is 9.57. The SMILES string of the molecule is C[C@H](OC(=O)Cc1ccc2c(c1)CCCC2)C(=O)Nc1ccccc1OC(F)F. The van der Waals surface area contributed by atoms with Crippen LogP contribution in [0.5, 0.6) is 5.75 Å². The molecule has 0 fully saturated rings. The van der Waals surface area contributed by atoms with Crippen molar-refractivity contribution in [3.8, 4) is 5.75 Å². The van der Waals surface area contributed by atoms with E-state index in [0.717, 1.165) is 24.8 Å². The number of anilines is 1. The first kappa shape index (κ1) is 20.8. The number of hydrogen-bond donors (Lipinski definition) is 1. The molecule has 3 rings (SSSR count). The number of esters is 1. The van der Waals surface area contributed by atoms with Crippen molar-refractivity contribution in [1.82, 2.24) is 0 Å². The molecule has 154 valence electrons. The second-order valence-corrected chi connectivity index (χ2v) is 6.98. The average molecular weight is 403 g/mol. The third-order valence-electron chi connectivity index (χ3n) is 4.80.